The number of methoxy groups -OCH3 is 1. The van der Waals surface area contributed by atoms with Crippen LogP contribution in [-0.4, -0.2) is 12.5 Å². The predicted octanol–water partition coefficient (Wildman–Crippen LogP) is 4.13. The molecule has 2 rings (SSSR count). The van der Waals surface area contributed by atoms with Crippen molar-refractivity contribution in [1.29, 1.82) is 0 Å². The Morgan fingerprint density at radius 3 is 2.80 bits per heavy atom. The molecule has 15 heavy (non-hydrogen) atoms. The molecule has 0 saturated carbocycles. The largest absolute Gasteiger partial charge is 0.496 e. The lowest BCUT2D eigenvalue weighted by Gasteiger charge is -2.09. The minimum atomic E-state index is 0.142. The Morgan fingerprint density at radius 2 is 2.20 bits per heavy atom. The highest BCUT2D eigenvalue weighted by atomic mass is 35.5. The van der Waals surface area contributed by atoms with Gasteiger partial charge in [-0.05, 0) is 36.6 Å². The average molecular weight is 243 g/mol. The summed E-state index contributed by atoms with van der Waals surface area (Å²) in [6, 6.07) is 5.65. The van der Waals surface area contributed by atoms with Crippen LogP contribution in [0.4, 0.5) is 0 Å². The molecular weight excluding hydrogens is 231 g/mol. The molecule has 1 aliphatic rings. The molecule has 1 nitrogen and oxygen atoms in total. The summed E-state index contributed by atoms with van der Waals surface area (Å²) in [5, 5.41) is 0.869. The monoisotopic (exact) mass is 242 g/mol. The minimum absolute atomic E-state index is 0.142. The molecule has 0 heterocycles. The fraction of sp³-hybridized carbons (Fsp3) is 0.333. The molecule has 0 radical (unpaired) electrons. The molecule has 1 aromatic carbocycles. The van der Waals surface area contributed by atoms with E-state index in [0.29, 0.717) is 0 Å². The molecule has 0 N–H and O–H groups in total. The van der Waals surface area contributed by atoms with E-state index < -0.39 is 0 Å². The summed E-state index contributed by atoms with van der Waals surface area (Å²) >= 11 is 12.0. The van der Waals surface area contributed by atoms with Crippen LogP contribution in [0.25, 0.3) is 5.57 Å². The van der Waals surface area contributed by atoms with E-state index in [1.807, 2.05) is 18.2 Å². The van der Waals surface area contributed by atoms with Crippen molar-refractivity contribution in [3.63, 3.8) is 0 Å². The quantitative estimate of drug-likeness (QED) is 0.709. The summed E-state index contributed by atoms with van der Waals surface area (Å²) < 4.78 is 5.31. The summed E-state index contributed by atoms with van der Waals surface area (Å²) in [5.41, 5.74) is 2.29. The van der Waals surface area contributed by atoms with Crippen molar-refractivity contribution in [3.8, 4) is 5.75 Å². The van der Waals surface area contributed by atoms with Gasteiger partial charge in [-0.3, -0.25) is 0 Å². The number of ether oxygens (including phenoxy) is 1. The first-order valence-corrected chi connectivity index (χ1v) is 5.71. The average Bonchev–Trinajstić information content (AvgIpc) is 2.65. The van der Waals surface area contributed by atoms with Gasteiger partial charge in [-0.1, -0.05) is 17.7 Å². The number of allylic oxidation sites excluding steroid dienone is 2. The Hall–Kier alpha value is -0.660. The van der Waals surface area contributed by atoms with Gasteiger partial charge in [0, 0.05) is 10.6 Å². The van der Waals surface area contributed by atoms with Crippen molar-refractivity contribution in [2.45, 2.75) is 18.2 Å². The molecule has 0 bridgehead atoms. The van der Waals surface area contributed by atoms with Gasteiger partial charge < -0.3 is 4.74 Å². The summed E-state index contributed by atoms with van der Waals surface area (Å²) in [6.07, 6.45) is 4.06. The van der Waals surface area contributed by atoms with E-state index in [1.54, 1.807) is 7.11 Å². The fourth-order valence-electron chi connectivity index (χ4n) is 1.83. The molecule has 0 aliphatic heterocycles. The smallest absolute Gasteiger partial charge is 0.126 e. The highest BCUT2D eigenvalue weighted by Crippen LogP contribution is 2.36. The van der Waals surface area contributed by atoms with Crippen LogP contribution in [0.1, 0.15) is 18.4 Å². The molecule has 1 atom stereocenters. The van der Waals surface area contributed by atoms with Crippen LogP contribution in [0.3, 0.4) is 0 Å². The Kier molecular flexibility index (Phi) is 3.22. The third-order valence-electron chi connectivity index (χ3n) is 2.58. The minimum Gasteiger partial charge on any atom is -0.496 e. The molecule has 3 heteroatoms. The van der Waals surface area contributed by atoms with E-state index in [0.717, 1.165) is 29.2 Å². The third kappa shape index (κ3) is 2.30. The van der Waals surface area contributed by atoms with Gasteiger partial charge in [-0.2, -0.15) is 0 Å². The van der Waals surface area contributed by atoms with Gasteiger partial charge in [-0.25, -0.2) is 0 Å². The van der Waals surface area contributed by atoms with Crippen LogP contribution in [-0.2, 0) is 0 Å². The highest BCUT2D eigenvalue weighted by Gasteiger charge is 2.17. The third-order valence-corrected chi connectivity index (χ3v) is 3.16. The van der Waals surface area contributed by atoms with Crippen molar-refractivity contribution >= 4 is 28.8 Å². The molecular formula is C12H12Cl2O. The Balaban J connectivity index is 2.42. The molecule has 1 unspecified atom stereocenters. The van der Waals surface area contributed by atoms with Crippen molar-refractivity contribution < 1.29 is 4.74 Å². The van der Waals surface area contributed by atoms with E-state index >= 15 is 0 Å². The van der Waals surface area contributed by atoms with Gasteiger partial charge in [0.1, 0.15) is 5.75 Å². The Morgan fingerprint density at radius 1 is 1.40 bits per heavy atom. The van der Waals surface area contributed by atoms with E-state index in [4.69, 9.17) is 27.9 Å². The van der Waals surface area contributed by atoms with Crippen molar-refractivity contribution in [2.75, 3.05) is 7.11 Å². The molecule has 0 amide bonds. The molecule has 1 aliphatic carbocycles. The fourth-order valence-corrected chi connectivity index (χ4v) is 2.27. The lowest BCUT2D eigenvalue weighted by Crippen LogP contribution is -1.90. The van der Waals surface area contributed by atoms with E-state index in [2.05, 4.69) is 6.08 Å². The lowest BCUT2D eigenvalue weighted by atomic mass is 10.0. The number of rotatable bonds is 2. The SMILES string of the molecule is COc1ccc(Cl)cc1C1=CC(Cl)CC1. The molecule has 1 aromatic rings. The van der Waals surface area contributed by atoms with Crippen molar-refractivity contribution in [3.05, 3.63) is 34.9 Å². The number of halogens is 2. The summed E-state index contributed by atoms with van der Waals surface area (Å²) in [5.74, 6) is 0.858. The number of hydrogen-bond acceptors (Lipinski definition) is 1. The van der Waals surface area contributed by atoms with Crippen LogP contribution in [0, 0.1) is 0 Å². The molecule has 0 spiro atoms. The molecule has 0 fully saturated rings. The maximum absolute atomic E-state index is 6.04. The maximum Gasteiger partial charge on any atom is 0.126 e. The van der Waals surface area contributed by atoms with E-state index in [9.17, 15) is 0 Å². The van der Waals surface area contributed by atoms with E-state index in [-0.39, 0.29) is 5.38 Å². The first-order chi connectivity index (χ1) is 7.20. The summed E-state index contributed by atoms with van der Waals surface area (Å²) in [4.78, 5) is 0. The number of hydrogen-bond donors (Lipinski definition) is 0. The van der Waals surface area contributed by atoms with Crippen LogP contribution >= 0.6 is 23.2 Å². The van der Waals surface area contributed by atoms with Crippen LogP contribution < -0.4 is 4.74 Å². The topological polar surface area (TPSA) is 9.23 Å². The van der Waals surface area contributed by atoms with Gasteiger partial charge in [0.25, 0.3) is 0 Å². The number of alkyl halides is 1. The lowest BCUT2D eigenvalue weighted by molar-refractivity contribution is 0.413. The molecule has 0 aromatic heterocycles. The van der Waals surface area contributed by atoms with Gasteiger partial charge in [0.2, 0.25) is 0 Å². The van der Waals surface area contributed by atoms with Crippen LogP contribution in [0.5, 0.6) is 5.75 Å². The second-order valence-corrected chi connectivity index (χ2v) is 4.59. The summed E-state index contributed by atoms with van der Waals surface area (Å²) in [7, 11) is 1.67. The second-order valence-electron chi connectivity index (χ2n) is 3.59. The zero-order chi connectivity index (χ0) is 10.8. The second kappa shape index (κ2) is 4.46. The molecule has 80 valence electrons. The van der Waals surface area contributed by atoms with Crippen molar-refractivity contribution in [1.82, 2.24) is 0 Å². The van der Waals surface area contributed by atoms with Gasteiger partial charge in [-0.15, -0.1) is 11.6 Å². The standard InChI is InChI=1S/C12H12Cl2O/c1-15-12-5-4-10(14)7-11(12)8-2-3-9(13)6-8/h4-7,9H,2-3H2,1H3. The van der Waals surface area contributed by atoms with Crippen LogP contribution in [0.15, 0.2) is 24.3 Å². The maximum atomic E-state index is 6.04. The first kappa shape index (κ1) is 10.8. The number of benzene rings is 1. The molecule has 0 saturated heterocycles. The zero-order valence-corrected chi connectivity index (χ0v) is 9.98. The summed E-state index contributed by atoms with van der Waals surface area (Å²) in [6.45, 7) is 0. The van der Waals surface area contributed by atoms with Crippen molar-refractivity contribution in [2.24, 2.45) is 0 Å². The normalized spacial score (nSPS) is 20.2. The van der Waals surface area contributed by atoms with Crippen LogP contribution in [0.2, 0.25) is 5.02 Å². The van der Waals surface area contributed by atoms with Gasteiger partial charge in [0.15, 0.2) is 0 Å². The predicted molar refractivity (Wildman–Crippen MR) is 64.9 cm³/mol. The zero-order valence-electron chi connectivity index (χ0n) is 8.47. The van der Waals surface area contributed by atoms with Gasteiger partial charge >= 0.3 is 0 Å². The highest BCUT2D eigenvalue weighted by molar-refractivity contribution is 6.30. The Bertz CT molecular complexity index is 399. The van der Waals surface area contributed by atoms with Gasteiger partial charge in [0.05, 0.1) is 12.5 Å². The first-order valence-electron chi connectivity index (χ1n) is 4.89. The van der Waals surface area contributed by atoms with E-state index in [1.165, 1.54) is 5.57 Å². The Labute approximate surface area is 99.6 Å².